The van der Waals surface area contributed by atoms with E-state index in [-0.39, 0.29) is 6.09 Å². The first kappa shape index (κ1) is 23.1. The van der Waals surface area contributed by atoms with E-state index in [4.69, 9.17) is 23.7 Å². The Morgan fingerprint density at radius 1 is 0.808 bits per heavy atom. The molecule has 1 aliphatic rings. The van der Waals surface area contributed by atoms with Crippen molar-refractivity contribution in [3.8, 4) is 0 Å². The molecular formula is C18H36N2O6. The van der Waals surface area contributed by atoms with E-state index in [0.717, 1.165) is 19.6 Å². The van der Waals surface area contributed by atoms with Crippen LogP contribution in [0.5, 0.6) is 0 Å². The van der Waals surface area contributed by atoms with E-state index in [0.29, 0.717) is 59.3 Å². The van der Waals surface area contributed by atoms with Crippen molar-refractivity contribution in [1.29, 1.82) is 0 Å². The molecule has 8 nitrogen and oxygen atoms in total. The van der Waals surface area contributed by atoms with Gasteiger partial charge in [0.15, 0.2) is 0 Å². The topological polar surface area (TPSA) is 69.7 Å². The quantitative estimate of drug-likeness (QED) is 0.475. The van der Waals surface area contributed by atoms with Crippen molar-refractivity contribution in [2.75, 3.05) is 86.1 Å². The first-order valence-corrected chi connectivity index (χ1v) is 9.35. The third-order valence-corrected chi connectivity index (χ3v) is 3.75. The van der Waals surface area contributed by atoms with Crippen LogP contribution in [-0.2, 0) is 23.7 Å². The molecule has 1 fully saturated rings. The summed E-state index contributed by atoms with van der Waals surface area (Å²) in [5.41, 5.74) is -0.444. The van der Waals surface area contributed by atoms with E-state index in [9.17, 15) is 4.79 Å². The van der Waals surface area contributed by atoms with Crippen LogP contribution >= 0.6 is 0 Å². The number of nitrogens with zero attached hydrogens (tertiary/aromatic N) is 2. The maximum atomic E-state index is 12.0. The van der Waals surface area contributed by atoms with Crippen LogP contribution < -0.4 is 0 Å². The molecule has 0 N–H and O–H groups in total. The highest BCUT2D eigenvalue weighted by Crippen LogP contribution is 2.11. The van der Waals surface area contributed by atoms with Crippen molar-refractivity contribution in [2.24, 2.45) is 0 Å². The summed E-state index contributed by atoms with van der Waals surface area (Å²) in [6.07, 6.45) is -0.225. The molecule has 1 rings (SSSR count). The number of rotatable bonds is 12. The molecule has 8 heteroatoms. The predicted molar refractivity (Wildman–Crippen MR) is 98.6 cm³/mol. The van der Waals surface area contributed by atoms with Gasteiger partial charge in [-0.2, -0.15) is 0 Å². The summed E-state index contributed by atoms with van der Waals surface area (Å²) in [6.45, 7) is 13.8. The highest BCUT2D eigenvalue weighted by Gasteiger charge is 2.25. The van der Waals surface area contributed by atoms with E-state index >= 15 is 0 Å². The fraction of sp³-hybridized carbons (Fsp3) is 0.944. The van der Waals surface area contributed by atoms with Gasteiger partial charge in [-0.05, 0) is 20.8 Å². The van der Waals surface area contributed by atoms with Gasteiger partial charge >= 0.3 is 6.09 Å². The number of piperazine rings is 1. The number of methoxy groups -OCH3 is 1. The van der Waals surface area contributed by atoms with Crippen molar-refractivity contribution < 1.29 is 28.5 Å². The first-order chi connectivity index (χ1) is 12.4. The van der Waals surface area contributed by atoms with Crippen LogP contribution in [0.25, 0.3) is 0 Å². The maximum Gasteiger partial charge on any atom is 0.410 e. The molecule has 0 aromatic rings. The first-order valence-electron chi connectivity index (χ1n) is 9.35. The molecule has 0 saturated carbocycles. The Kier molecular flexibility index (Phi) is 11.8. The molecule has 0 radical (unpaired) electrons. The molecule has 26 heavy (non-hydrogen) atoms. The second-order valence-corrected chi connectivity index (χ2v) is 7.14. The van der Waals surface area contributed by atoms with Crippen LogP contribution in [0, 0.1) is 0 Å². The van der Waals surface area contributed by atoms with Crippen molar-refractivity contribution in [2.45, 2.75) is 26.4 Å². The minimum Gasteiger partial charge on any atom is -0.444 e. The van der Waals surface area contributed by atoms with Crippen LogP contribution in [-0.4, -0.2) is 108 Å². The van der Waals surface area contributed by atoms with Crippen molar-refractivity contribution in [3.63, 3.8) is 0 Å². The lowest BCUT2D eigenvalue weighted by atomic mass is 10.2. The number of hydrogen-bond acceptors (Lipinski definition) is 7. The van der Waals surface area contributed by atoms with Crippen molar-refractivity contribution >= 4 is 6.09 Å². The van der Waals surface area contributed by atoms with Gasteiger partial charge in [-0.3, -0.25) is 4.90 Å². The Labute approximate surface area is 157 Å². The fourth-order valence-corrected chi connectivity index (χ4v) is 2.36. The van der Waals surface area contributed by atoms with E-state index in [1.807, 2.05) is 20.8 Å². The summed E-state index contributed by atoms with van der Waals surface area (Å²) >= 11 is 0. The molecule has 1 aliphatic heterocycles. The SMILES string of the molecule is COCCOCCOCCOCCN1CCN(C(=O)OC(C)(C)C)CC1. The summed E-state index contributed by atoms with van der Waals surface area (Å²) in [6, 6.07) is 0. The largest absolute Gasteiger partial charge is 0.444 e. The zero-order valence-electron chi connectivity index (χ0n) is 16.8. The third kappa shape index (κ3) is 11.6. The van der Waals surface area contributed by atoms with Crippen LogP contribution in [0.2, 0.25) is 0 Å². The molecule has 0 aliphatic carbocycles. The summed E-state index contributed by atoms with van der Waals surface area (Å²) in [5, 5.41) is 0. The number of carbonyl (C=O) groups excluding carboxylic acids is 1. The summed E-state index contributed by atoms with van der Waals surface area (Å²) in [5.74, 6) is 0. The number of amides is 1. The number of ether oxygens (including phenoxy) is 5. The van der Waals surface area contributed by atoms with E-state index in [1.165, 1.54) is 0 Å². The lowest BCUT2D eigenvalue weighted by molar-refractivity contribution is -0.00350. The summed E-state index contributed by atoms with van der Waals surface area (Å²) in [4.78, 5) is 16.1. The third-order valence-electron chi connectivity index (χ3n) is 3.75. The second kappa shape index (κ2) is 13.3. The zero-order chi connectivity index (χ0) is 19.3. The van der Waals surface area contributed by atoms with E-state index in [2.05, 4.69) is 4.90 Å². The molecule has 154 valence electrons. The standard InChI is InChI=1S/C18H36N2O6/c1-18(2,3)26-17(21)20-7-5-19(6-8-20)9-10-23-13-14-25-16-15-24-12-11-22-4/h5-16H2,1-4H3. The monoisotopic (exact) mass is 376 g/mol. The van der Waals surface area contributed by atoms with Gasteiger partial charge in [0, 0.05) is 39.8 Å². The maximum absolute atomic E-state index is 12.0. The molecular weight excluding hydrogens is 340 g/mol. The normalized spacial score (nSPS) is 16.1. The highest BCUT2D eigenvalue weighted by atomic mass is 16.6. The van der Waals surface area contributed by atoms with Gasteiger partial charge in [0.2, 0.25) is 0 Å². The number of carbonyl (C=O) groups is 1. The Morgan fingerprint density at radius 3 is 1.81 bits per heavy atom. The van der Waals surface area contributed by atoms with Crippen LogP contribution in [0.3, 0.4) is 0 Å². The van der Waals surface area contributed by atoms with Crippen LogP contribution in [0.15, 0.2) is 0 Å². The zero-order valence-corrected chi connectivity index (χ0v) is 16.8. The number of hydrogen-bond donors (Lipinski definition) is 0. The molecule has 0 bridgehead atoms. The lowest BCUT2D eigenvalue weighted by Gasteiger charge is -2.35. The van der Waals surface area contributed by atoms with Crippen LogP contribution in [0.4, 0.5) is 4.79 Å². The molecule has 0 aromatic heterocycles. The molecule has 0 aromatic carbocycles. The average Bonchev–Trinajstić information content (AvgIpc) is 2.58. The van der Waals surface area contributed by atoms with E-state index < -0.39 is 5.60 Å². The van der Waals surface area contributed by atoms with Gasteiger partial charge < -0.3 is 28.6 Å². The van der Waals surface area contributed by atoms with E-state index in [1.54, 1.807) is 12.0 Å². The van der Waals surface area contributed by atoms with Gasteiger partial charge in [0.05, 0.1) is 46.2 Å². The Bertz CT molecular complexity index is 367. The molecule has 0 atom stereocenters. The molecule has 0 spiro atoms. The predicted octanol–water partition coefficient (Wildman–Crippen LogP) is 1.24. The second-order valence-electron chi connectivity index (χ2n) is 7.14. The molecule has 1 saturated heterocycles. The van der Waals surface area contributed by atoms with Crippen molar-refractivity contribution in [1.82, 2.24) is 9.80 Å². The Balaban J connectivity index is 1.93. The molecule has 0 unspecified atom stereocenters. The molecule has 1 heterocycles. The summed E-state index contributed by atoms with van der Waals surface area (Å²) < 4.78 is 26.6. The van der Waals surface area contributed by atoms with Gasteiger partial charge in [-0.15, -0.1) is 0 Å². The van der Waals surface area contributed by atoms with Gasteiger partial charge in [-0.1, -0.05) is 0 Å². The lowest BCUT2D eigenvalue weighted by Crippen LogP contribution is -2.50. The minimum absolute atomic E-state index is 0.225. The average molecular weight is 376 g/mol. The summed E-state index contributed by atoms with van der Waals surface area (Å²) in [7, 11) is 1.65. The van der Waals surface area contributed by atoms with Crippen molar-refractivity contribution in [3.05, 3.63) is 0 Å². The Hall–Kier alpha value is -0.930. The smallest absolute Gasteiger partial charge is 0.410 e. The molecule has 1 amide bonds. The fourth-order valence-electron chi connectivity index (χ4n) is 2.36. The van der Waals surface area contributed by atoms with Gasteiger partial charge in [-0.25, -0.2) is 4.79 Å². The highest BCUT2D eigenvalue weighted by molar-refractivity contribution is 5.68. The van der Waals surface area contributed by atoms with Gasteiger partial charge in [0.1, 0.15) is 5.60 Å². The Morgan fingerprint density at radius 2 is 1.31 bits per heavy atom. The van der Waals surface area contributed by atoms with Crippen LogP contribution in [0.1, 0.15) is 20.8 Å². The minimum atomic E-state index is -0.444. The van der Waals surface area contributed by atoms with Gasteiger partial charge in [0.25, 0.3) is 0 Å².